The van der Waals surface area contributed by atoms with Crippen molar-refractivity contribution in [1.82, 2.24) is 0 Å². The summed E-state index contributed by atoms with van der Waals surface area (Å²) in [7, 11) is 0. The number of hydrogen-bond donors (Lipinski definition) is 2. The van der Waals surface area contributed by atoms with Crippen LogP contribution >= 0.6 is 0 Å². The van der Waals surface area contributed by atoms with Crippen molar-refractivity contribution in [2.75, 3.05) is 0 Å². The molecule has 48 heavy (non-hydrogen) atoms. The molecule has 2 saturated heterocycles. The maximum absolute atomic E-state index is 13.3. The Labute approximate surface area is 280 Å². The molecule has 2 heterocycles. The number of epoxide rings is 1. The van der Waals surface area contributed by atoms with E-state index < -0.39 is 95.1 Å². The molecule has 0 aromatic carbocycles. The summed E-state index contributed by atoms with van der Waals surface area (Å²) >= 11 is 0. The van der Waals surface area contributed by atoms with Gasteiger partial charge in [0, 0.05) is 39.5 Å². The van der Waals surface area contributed by atoms with Gasteiger partial charge in [-0.3, -0.25) is 24.4 Å². The molecule has 11 atom stereocenters. The molecule has 0 unspecified atom stereocenters. The van der Waals surface area contributed by atoms with Crippen LogP contribution in [0.5, 0.6) is 0 Å². The summed E-state index contributed by atoms with van der Waals surface area (Å²) in [6.45, 7) is 14.2. The van der Waals surface area contributed by atoms with E-state index in [9.17, 15) is 34.3 Å². The van der Waals surface area contributed by atoms with Crippen LogP contribution < -0.4 is 0 Å². The number of fused-ring (bicyclic) bond motifs is 1. The van der Waals surface area contributed by atoms with Crippen LogP contribution in [0, 0.1) is 11.3 Å². The van der Waals surface area contributed by atoms with Crippen LogP contribution in [-0.2, 0) is 57.3 Å². The number of hydrogen-bond acceptors (Lipinski definition) is 14. The van der Waals surface area contributed by atoms with Crippen molar-refractivity contribution < 1.29 is 67.6 Å². The minimum atomic E-state index is -1.80. The van der Waals surface area contributed by atoms with Gasteiger partial charge >= 0.3 is 29.8 Å². The van der Waals surface area contributed by atoms with Crippen LogP contribution in [0.15, 0.2) is 23.8 Å². The summed E-state index contributed by atoms with van der Waals surface area (Å²) < 4.78 is 35.5. The van der Waals surface area contributed by atoms with Gasteiger partial charge in [0.1, 0.15) is 30.5 Å². The Hall–Kier alpha value is -3.33. The number of unbranched alkanes of at least 4 members (excludes halogenated alkanes) is 4. The van der Waals surface area contributed by atoms with Crippen LogP contribution in [0.3, 0.4) is 0 Å². The van der Waals surface area contributed by atoms with Gasteiger partial charge < -0.3 is 33.5 Å². The lowest BCUT2D eigenvalue weighted by Crippen LogP contribution is -2.67. The predicted molar refractivity (Wildman–Crippen MR) is 165 cm³/mol. The van der Waals surface area contributed by atoms with Crippen molar-refractivity contribution in [2.45, 2.75) is 147 Å². The van der Waals surface area contributed by atoms with E-state index in [0.29, 0.717) is 6.42 Å². The third kappa shape index (κ3) is 6.51. The summed E-state index contributed by atoms with van der Waals surface area (Å²) in [5, 5.41) is 22.2. The van der Waals surface area contributed by atoms with Gasteiger partial charge in [0.05, 0.1) is 5.41 Å². The average molecular weight is 681 g/mol. The third-order valence-corrected chi connectivity index (χ3v) is 10.3. The van der Waals surface area contributed by atoms with Gasteiger partial charge in [-0.25, -0.2) is 9.68 Å². The van der Waals surface area contributed by atoms with Crippen LogP contribution in [0.2, 0.25) is 0 Å². The van der Waals surface area contributed by atoms with Crippen molar-refractivity contribution in [2.24, 2.45) is 11.3 Å². The second kappa shape index (κ2) is 14.3. The first-order valence-corrected chi connectivity index (χ1v) is 16.5. The summed E-state index contributed by atoms with van der Waals surface area (Å²) in [4.78, 5) is 69.5. The summed E-state index contributed by atoms with van der Waals surface area (Å²) in [5.41, 5.74) is -4.76. The molecule has 4 rings (SSSR count). The van der Waals surface area contributed by atoms with E-state index in [1.54, 1.807) is 6.92 Å². The van der Waals surface area contributed by atoms with E-state index in [1.165, 1.54) is 19.9 Å². The van der Waals surface area contributed by atoms with E-state index in [-0.39, 0.29) is 24.0 Å². The van der Waals surface area contributed by atoms with Gasteiger partial charge in [0.15, 0.2) is 23.4 Å². The molecule has 3 fully saturated rings. The smallest absolute Gasteiger partial charge is 0.342 e. The summed E-state index contributed by atoms with van der Waals surface area (Å²) in [6, 6.07) is 0. The largest absolute Gasteiger partial charge is 0.462 e. The highest BCUT2D eigenvalue weighted by molar-refractivity contribution is 5.89. The van der Waals surface area contributed by atoms with Gasteiger partial charge in [-0.1, -0.05) is 46.1 Å². The van der Waals surface area contributed by atoms with E-state index in [0.717, 1.165) is 46.5 Å². The maximum Gasteiger partial charge on any atom is 0.342 e. The van der Waals surface area contributed by atoms with Crippen molar-refractivity contribution in [3.8, 4) is 0 Å². The topological polar surface area (TPSA) is 194 Å². The molecule has 0 aromatic rings. The van der Waals surface area contributed by atoms with Gasteiger partial charge in [0.2, 0.25) is 0 Å². The van der Waals surface area contributed by atoms with E-state index in [2.05, 4.69) is 13.5 Å². The quantitative estimate of drug-likeness (QED) is 0.0614. The lowest BCUT2D eigenvalue weighted by molar-refractivity contribution is -0.295. The summed E-state index contributed by atoms with van der Waals surface area (Å²) in [6.07, 6.45) is -4.42. The number of aliphatic hydroxyl groups is 1. The molecule has 0 amide bonds. The molecule has 2 aliphatic heterocycles. The number of aliphatic hydroxyl groups excluding tert-OH is 1. The first-order valence-electron chi connectivity index (χ1n) is 16.5. The highest BCUT2D eigenvalue weighted by Gasteiger charge is 2.87. The second-order valence-electron chi connectivity index (χ2n) is 13.6. The standard InChI is InChI=1S/C34H48O14/c1-9-10-11-12-13-14-25(38)46-28-17(2)15-24-34(33(8,48-34)31(40)45-24)29(43-20(5)36)26-18(3)22(47-41)16-23(42-19(4)35)32(26,7)30(27(28)39)44-21(6)37/h15,22-24,26-30,39,41H,3,9-14,16H2,1-2,4-8H3/b17-15-/t22-,23-,24-,26+,27+,28-,29-,30-,32-,33-,34-/m0/s1. The zero-order chi connectivity index (χ0) is 35.8. The lowest BCUT2D eigenvalue weighted by Gasteiger charge is -2.56. The summed E-state index contributed by atoms with van der Waals surface area (Å²) in [5.74, 6) is -5.06. The van der Waals surface area contributed by atoms with Crippen LogP contribution in [0.4, 0.5) is 0 Å². The molecule has 4 aliphatic rings. The number of esters is 5. The van der Waals surface area contributed by atoms with Gasteiger partial charge in [-0.15, -0.1) is 0 Å². The van der Waals surface area contributed by atoms with Gasteiger partial charge in [-0.05, 0) is 37.5 Å². The van der Waals surface area contributed by atoms with Crippen LogP contribution in [0.25, 0.3) is 0 Å². The highest BCUT2D eigenvalue weighted by atomic mass is 17.1. The second-order valence-corrected chi connectivity index (χ2v) is 13.6. The molecule has 1 saturated carbocycles. The Morgan fingerprint density at radius 2 is 1.56 bits per heavy atom. The maximum atomic E-state index is 13.3. The van der Waals surface area contributed by atoms with Gasteiger partial charge in [0.25, 0.3) is 0 Å². The number of carbonyl (C=O) groups excluding carboxylic acids is 5. The minimum absolute atomic E-state index is 0.0544. The van der Waals surface area contributed by atoms with Crippen molar-refractivity contribution >= 4 is 29.8 Å². The number of rotatable bonds is 11. The number of carbonyl (C=O) groups is 5. The van der Waals surface area contributed by atoms with Crippen molar-refractivity contribution in [3.05, 3.63) is 23.8 Å². The number of ether oxygens (including phenoxy) is 6. The molecule has 268 valence electrons. The molecule has 14 nitrogen and oxygen atoms in total. The fourth-order valence-electron chi connectivity index (χ4n) is 7.90. The zero-order valence-corrected chi connectivity index (χ0v) is 28.6. The molecular formula is C34H48O14. The van der Waals surface area contributed by atoms with Crippen LogP contribution in [0.1, 0.15) is 93.4 Å². The monoisotopic (exact) mass is 680 g/mol. The minimum Gasteiger partial charge on any atom is -0.462 e. The van der Waals surface area contributed by atoms with Crippen molar-refractivity contribution in [1.29, 1.82) is 0 Å². The van der Waals surface area contributed by atoms with E-state index in [1.807, 2.05) is 0 Å². The highest BCUT2D eigenvalue weighted by Crippen LogP contribution is 2.65. The lowest BCUT2D eigenvalue weighted by atomic mass is 9.54. The average Bonchev–Trinajstić information content (AvgIpc) is 3.59. The van der Waals surface area contributed by atoms with E-state index >= 15 is 0 Å². The molecule has 0 radical (unpaired) electrons. The fraction of sp³-hybridized carbons (Fsp3) is 0.735. The Kier molecular flexibility index (Phi) is 11.1. The predicted octanol–water partition coefficient (Wildman–Crippen LogP) is 3.27. The molecule has 1 spiro atoms. The normalized spacial score (nSPS) is 39.7. The Morgan fingerprint density at radius 1 is 0.958 bits per heavy atom. The third-order valence-electron chi connectivity index (χ3n) is 10.3. The first-order chi connectivity index (χ1) is 22.5. The molecule has 14 heteroatoms. The Morgan fingerprint density at radius 3 is 2.12 bits per heavy atom. The van der Waals surface area contributed by atoms with Crippen molar-refractivity contribution in [3.63, 3.8) is 0 Å². The van der Waals surface area contributed by atoms with Crippen LogP contribution in [-0.4, -0.2) is 94.1 Å². The fourth-order valence-corrected chi connectivity index (χ4v) is 7.90. The molecule has 0 aromatic heterocycles. The molecular weight excluding hydrogens is 632 g/mol. The first kappa shape index (κ1) is 37.5. The molecule has 2 aliphatic carbocycles. The van der Waals surface area contributed by atoms with E-state index in [4.69, 9.17) is 33.3 Å². The molecule has 2 N–H and O–H groups in total. The molecule has 0 bridgehead atoms. The van der Waals surface area contributed by atoms with Gasteiger partial charge in [-0.2, -0.15) is 0 Å². The zero-order valence-electron chi connectivity index (χ0n) is 28.6. The Balaban J connectivity index is 1.96. The Bertz CT molecular complexity index is 1340. The SMILES string of the molecule is C=C1[C@@H](OO)C[C@H](OC(C)=O)[C@@]2(C)[C@H]1[C@H](OC(C)=O)[C@]13O[C@@]1(C)C(=O)O[C@H]3/C=C(/C)[C@H](OC(=O)CCCCCCC)[C@@H](O)[C@@H]2OC(C)=O.